The van der Waals surface area contributed by atoms with E-state index < -0.39 is 5.97 Å². The van der Waals surface area contributed by atoms with Crippen LogP contribution >= 0.6 is 22.7 Å². The second-order valence-electron chi connectivity index (χ2n) is 4.29. The van der Waals surface area contributed by atoms with Crippen LogP contribution in [0.25, 0.3) is 10.6 Å². The molecule has 2 aromatic heterocycles. The minimum Gasteiger partial charge on any atom is -0.478 e. The molecule has 3 aromatic rings. The number of rotatable bonds is 4. The molecule has 0 aliphatic heterocycles. The van der Waals surface area contributed by atoms with Crippen molar-refractivity contribution in [3.63, 3.8) is 0 Å². The molecular formula is C15H11NO2S2. The van der Waals surface area contributed by atoms with E-state index in [1.165, 1.54) is 0 Å². The molecule has 0 aliphatic rings. The van der Waals surface area contributed by atoms with Gasteiger partial charge < -0.3 is 5.11 Å². The van der Waals surface area contributed by atoms with Crippen molar-refractivity contribution >= 4 is 28.6 Å². The molecule has 0 aliphatic carbocycles. The first-order valence-corrected chi connectivity index (χ1v) is 7.79. The molecule has 3 rings (SSSR count). The van der Waals surface area contributed by atoms with E-state index in [0.717, 1.165) is 21.1 Å². The van der Waals surface area contributed by atoms with Gasteiger partial charge in [0.2, 0.25) is 0 Å². The van der Waals surface area contributed by atoms with Gasteiger partial charge in [0.25, 0.3) is 0 Å². The first-order valence-electron chi connectivity index (χ1n) is 6.03. The first kappa shape index (κ1) is 13.0. The van der Waals surface area contributed by atoms with Crippen molar-refractivity contribution in [1.29, 1.82) is 0 Å². The zero-order chi connectivity index (χ0) is 13.9. The summed E-state index contributed by atoms with van der Waals surface area (Å²) < 4.78 is 0. The molecular weight excluding hydrogens is 290 g/mol. The third-order valence-corrected chi connectivity index (χ3v) is 4.60. The van der Waals surface area contributed by atoms with Gasteiger partial charge >= 0.3 is 5.97 Å². The van der Waals surface area contributed by atoms with E-state index >= 15 is 0 Å². The van der Waals surface area contributed by atoms with Crippen LogP contribution in [0.4, 0.5) is 0 Å². The number of thiophene rings is 1. The third-order valence-electron chi connectivity index (χ3n) is 2.85. The quantitative estimate of drug-likeness (QED) is 0.787. The number of carboxylic acid groups (broad SMARTS) is 1. The van der Waals surface area contributed by atoms with Gasteiger partial charge in [0.1, 0.15) is 0 Å². The molecule has 2 heterocycles. The van der Waals surface area contributed by atoms with Crippen LogP contribution in [0.3, 0.4) is 0 Å². The minimum atomic E-state index is -0.898. The Balaban J connectivity index is 1.81. The van der Waals surface area contributed by atoms with Gasteiger partial charge in [-0.05, 0) is 29.1 Å². The monoisotopic (exact) mass is 301 g/mol. The molecule has 0 unspecified atom stereocenters. The lowest BCUT2D eigenvalue weighted by molar-refractivity contribution is 0.0697. The fourth-order valence-electron chi connectivity index (χ4n) is 1.92. The predicted octanol–water partition coefficient (Wildman–Crippen LogP) is 4.16. The summed E-state index contributed by atoms with van der Waals surface area (Å²) in [6.45, 7) is 0. The molecule has 3 nitrogen and oxygen atoms in total. The Bertz CT molecular complexity index is 732. The Kier molecular flexibility index (Phi) is 3.62. The molecule has 0 bridgehead atoms. The summed E-state index contributed by atoms with van der Waals surface area (Å²) in [5.74, 6) is -0.898. The van der Waals surface area contributed by atoms with Crippen molar-refractivity contribution < 1.29 is 9.90 Å². The van der Waals surface area contributed by atoms with Gasteiger partial charge in [0, 0.05) is 11.8 Å². The van der Waals surface area contributed by atoms with E-state index in [1.807, 2.05) is 22.9 Å². The Morgan fingerprint density at radius 1 is 1.20 bits per heavy atom. The highest BCUT2D eigenvalue weighted by atomic mass is 32.1. The van der Waals surface area contributed by atoms with Crippen LogP contribution < -0.4 is 0 Å². The summed E-state index contributed by atoms with van der Waals surface area (Å²) in [6.07, 6.45) is 0.664. The maximum atomic E-state index is 11.0. The van der Waals surface area contributed by atoms with E-state index in [0.29, 0.717) is 12.0 Å². The van der Waals surface area contributed by atoms with E-state index in [2.05, 4.69) is 11.1 Å². The average Bonchev–Trinajstić information content (AvgIpc) is 3.09. The Labute approximate surface area is 124 Å². The molecule has 1 N–H and O–H groups in total. The zero-order valence-corrected chi connectivity index (χ0v) is 12.1. The highest BCUT2D eigenvalue weighted by Gasteiger charge is 2.08. The van der Waals surface area contributed by atoms with Gasteiger partial charge in [0.15, 0.2) is 0 Å². The number of carbonyl (C=O) groups is 1. The minimum absolute atomic E-state index is 0.317. The second-order valence-corrected chi connectivity index (χ2v) is 6.18. The van der Waals surface area contributed by atoms with E-state index in [1.54, 1.807) is 40.9 Å². The largest absolute Gasteiger partial charge is 0.478 e. The van der Waals surface area contributed by atoms with E-state index in [4.69, 9.17) is 5.11 Å². The average molecular weight is 301 g/mol. The van der Waals surface area contributed by atoms with Crippen molar-refractivity contribution in [2.24, 2.45) is 0 Å². The van der Waals surface area contributed by atoms with Gasteiger partial charge in [-0.2, -0.15) is 0 Å². The summed E-state index contributed by atoms with van der Waals surface area (Å²) in [4.78, 5) is 16.7. The standard InChI is InChI=1S/C15H11NO2S2/c17-15(18)11-4-1-3-10(7-11)8-14-16-12(9-20-14)13-5-2-6-19-13/h1-7,9H,8H2,(H,17,18). The fourth-order valence-corrected chi connectivity index (χ4v) is 3.51. The summed E-state index contributed by atoms with van der Waals surface area (Å²) in [5.41, 5.74) is 2.28. The lowest BCUT2D eigenvalue weighted by Gasteiger charge is -2.00. The molecule has 0 fully saturated rings. The predicted molar refractivity (Wildman–Crippen MR) is 81.6 cm³/mol. The number of thiazole rings is 1. The molecule has 0 saturated carbocycles. The molecule has 20 heavy (non-hydrogen) atoms. The van der Waals surface area contributed by atoms with Gasteiger partial charge in [-0.1, -0.05) is 18.2 Å². The SMILES string of the molecule is O=C(O)c1cccc(Cc2nc(-c3cccs3)cs2)c1. The fraction of sp³-hybridized carbons (Fsp3) is 0.0667. The molecule has 0 radical (unpaired) electrons. The van der Waals surface area contributed by atoms with Crippen molar-refractivity contribution in [2.45, 2.75) is 6.42 Å². The van der Waals surface area contributed by atoms with Gasteiger partial charge in [-0.3, -0.25) is 0 Å². The number of carboxylic acids is 1. The van der Waals surface area contributed by atoms with Crippen molar-refractivity contribution in [3.8, 4) is 10.6 Å². The summed E-state index contributed by atoms with van der Waals surface area (Å²) in [6, 6.07) is 11.1. The lowest BCUT2D eigenvalue weighted by atomic mass is 10.1. The number of hydrogen-bond acceptors (Lipinski definition) is 4. The maximum absolute atomic E-state index is 11.0. The molecule has 100 valence electrons. The first-order chi connectivity index (χ1) is 9.72. The maximum Gasteiger partial charge on any atom is 0.335 e. The normalized spacial score (nSPS) is 10.6. The van der Waals surface area contributed by atoms with E-state index in [9.17, 15) is 4.79 Å². The molecule has 0 amide bonds. The second kappa shape index (κ2) is 5.56. The Morgan fingerprint density at radius 2 is 2.10 bits per heavy atom. The number of benzene rings is 1. The van der Waals surface area contributed by atoms with Crippen LogP contribution in [0.5, 0.6) is 0 Å². The Hall–Kier alpha value is -1.98. The van der Waals surface area contributed by atoms with Gasteiger partial charge in [-0.25, -0.2) is 9.78 Å². The highest BCUT2D eigenvalue weighted by Crippen LogP contribution is 2.27. The molecule has 0 spiro atoms. The van der Waals surface area contributed by atoms with Crippen LogP contribution in [-0.4, -0.2) is 16.1 Å². The van der Waals surface area contributed by atoms with Crippen molar-refractivity contribution in [2.75, 3.05) is 0 Å². The van der Waals surface area contributed by atoms with Crippen molar-refractivity contribution in [3.05, 3.63) is 63.3 Å². The number of aromatic carboxylic acids is 1. The summed E-state index contributed by atoms with van der Waals surface area (Å²) >= 11 is 3.27. The lowest BCUT2D eigenvalue weighted by Crippen LogP contribution is -1.97. The third kappa shape index (κ3) is 2.79. The zero-order valence-electron chi connectivity index (χ0n) is 10.4. The number of aromatic nitrogens is 1. The summed E-state index contributed by atoms with van der Waals surface area (Å²) in [7, 11) is 0. The van der Waals surface area contributed by atoms with Gasteiger partial charge in [-0.15, -0.1) is 22.7 Å². The van der Waals surface area contributed by atoms with Crippen LogP contribution in [0.2, 0.25) is 0 Å². The van der Waals surface area contributed by atoms with Crippen LogP contribution in [0.15, 0.2) is 47.2 Å². The summed E-state index contributed by atoms with van der Waals surface area (Å²) in [5, 5.41) is 14.1. The molecule has 5 heteroatoms. The molecule has 0 saturated heterocycles. The van der Waals surface area contributed by atoms with Crippen LogP contribution in [0.1, 0.15) is 20.9 Å². The van der Waals surface area contributed by atoms with Crippen LogP contribution in [0, 0.1) is 0 Å². The number of nitrogens with zero attached hydrogens (tertiary/aromatic N) is 1. The number of hydrogen-bond donors (Lipinski definition) is 1. The van der Waals surface area contributed by atoms with E-state index in [-0.39, 0.29) is 0 Å². The Morgan fingerprint density at radius 3 is 2.85 bits per heavy atom. The highest BCUT2D eigenvalue weighted by molar-refractivity contribution is 7.14. The molecule has 0 atom stereocenters. The smallest absolute Gasteiger partial charge is 0.335 e. The van der Waals surface area contributed by atoms with Gasteiger partial charge in [0.05, 0.1) is 21.1 Å². The van der Waals surface area contributed by atoms with Crippen molar-refractivity contribution in [1.82, 2.24) is 4.98 Å². The topological polar surface area (TPSA) is 50.2 Å². The molecule has 1 aromatic carbocycles. The van der Waals surface area contributed by atoms with Crippen LogP contribution in [-0.2, 0) is 6.42 Å².